The zero-order valence-corrected chi connectivity index (χ0v) is 18.9. The second-order valence-corrected chi connectivity index (χ2v) is 10.2. The molecule has 5 nitrogen and oxygen atoms in total. The first-order valence-electron chi connectivity index (χ1n) is 10.0. The fourth-order valence-electron chi connectivity index (χ4n) is 3.75. The van der Waals surface area contributed by atoms with Crippen molar-refractivity contribution in [2.45, 2.75) is 31.7 Å². The molecule has 1 aliphatic rings. The summed E-state index contributed by atoms with van der Waals surface area (Å²) < 4.78 is 27.5. The molecular formula is C24H23ClN2O3S. The number of halogens is 1. The van der Waals surface area contributed by atoms with Gasteiger partial charge in [-0.1, -0.05) is 35.4 Å². The van der Waals surface area contributed by atoms with Crippen LogP contribution in [0.4, 0.5) is 5.69 Å². The number of nitrogens with one attached hydrogen (secondary N) is 1. The van der Waals surface area contributed by atoms with Crippen LogP contribution in [0.15, 0.2) is 65.6 Å². The normalized spacial score (nSPS) is 14.2. The molecule has 1 amide bonds. The van der Waals surface area contributed by atoms with E-state index in [1.54, 1.807) is 12.1 Å². The van der Waals surface area contributed by atoms with Gasteiger partial charge in [-0.15, -0.1) is 0 Å². The van der Waals surface area contributed by atoms with E-state index in [4.69, 9.17) is 11.6 Å². The van der Waals surface area contributed by atoms with Gasteiger partial charge in [-0.05, 0) is 79.4 Å². The van der Waals surface area contributed by atoms with Crippen LogP contribution in [0.25, 0.3) is 0 Å². The minimum atomic E-state index is -3.62. The van der Waals surface area contributed by atoms with E-state index in [-0.39, 0.29) is 17.3 Å². The van der Waals surface area contributed by atoms with Crippen molar-refractivity contribution in [3.05, 3.63) is 93.5 Å². The molecule has 0 saturated carbocycles. The van der Waals surface area contributed by atoms with E-state index in [0.717, 1.165) is 22.3 Å². The number of benzene rings is 3. The number of sulfonamides is 1. The molecule has 4 rings (SSSR count). The monoisotopic (exact) mass is 454 g/mol. The molecule has 0 saturated heterocycles. The molecule has 3 aromatic carbocycles. The summed E-state index contributed by atoms with van der Waals surface area (Å²) in [6.07, 6.45) is 0.618. The molecule has 0 fully saturated rings. The number of hydrogen-bond donors (Lipinski definition) is 1. The summed E-state index contributed by atoms with van der Waals surface area (Å²) in [5, 5.41) is 3.44. The highest BCUT2D eigenvalue weighted by Gasteiger charge is 2.28. The lowest BCUT2D eigenvalue weighted by Gasteiger charge is -2.28. The smallest absolute Gasteiger partial charge is 0.255 e. The summed E-state index contributed by atoms with van der Waals surface area (Å²) in [4.78, 5) is 13.0. The average Bonchev–Trinajstić information content (AvgIpc) is 2.75. The van der Waals surface area contributed by atoms with Crippen LogP contribution in [-0.2, 0) is 23.0 Å². The Labute approximate surface area is 187 Å². The zero-order valence-electron chi connectivity index (χ0n) is 17.4. The van der Waals surface area contributed by atoms with Crippen LogP contribution in [0.1, 0.15) is 32.6 Å². The topological polar surface area (TPSA) is 66.5 Å². The molecule has 0 unspecified atom stereocenters. The van der Waals surface area contributed by atoms with Crippen molar-refractivity contribution in [1.29, 1.82) is 0 Å². The maximum absolute atomic E-state index is 13.0. The fourth-order valence-corrected chi connectivity index (χ4v) is 5.29. The van der Waals surface area contributed by atoms with E-state index >= 15 is 0 Å². The summed E-state index contributed by atoms with van der Waals surface area (Å²) >= 11 is 5.89. The molecule has 0 spiro atoms. The predicted molar refractivity (Wildman–Crippen MR) is 123 cm³/mol. The summed E-state index contributed by atoms with van der Waals surface area (Å²) in [5.41, 5.74) is 5.18. The van der Waals surface area contributed by atoms with Crippen LogP contribution in [0, 0.1) is 13.8 Å². The third kappa shape index (κ3) is 4.51. The predicted octanol–water partition coefficient (Wildman–Crippen LogP) is 4.96. The van der Waals surface area contributed by atoms with Crippen molar-refractivity contribution >= 4 is 33.2 Å². The van der Waals surface area contributed by atoms with E-state index < -0.39 is 10.0 Å². The maximum atomic E-state index is 13.0. The molecule has 0 aromatic heterocycles. The van der Waals surface area contributed by atoms with E-state index in [9.17, 15) is 13.2 Å². The number of hydrogen-bond acceptors (Lipinski definition) is 3. The minimum absolute atomic E-state index is 0.178. The Morgan fingerprint density at radius 1 is 0.968 bits per heavy atom. The molecular weight excluding hydrogens is 432 g/mol. The van der Waals surface area contributed by atoms with Crippen molar-refractivity contribution < 1.29 is 13.2 Å². The van der Waals surface area contributed by atoms with Gasteiger partial charge in [-0.3, -0.25) is 4.79 Å². The first-order chi connectivity index (χ1) is 14.7. The number of anilines is 1. The Bertz CT molecular complexity index is 1250. The van der Waals surface area contributed by atoms with Gasteiger partial charge in [-0.2, -0.15) is 4.31 Å². The zero-order chi connectivity index (χ0) is 22.2. The second-order valence-electron chi connectivity index (χ2n) is 7.80. The average molecular weight is 455 g/mol. The number of amides is 1. The molecule has 3 aromatic rings. The number of aryl methyl sites for hydroxylation is 2. The van der Waals surface area contributed by atoms with Gasteiger partial charge in [0.05, 0.1) is 4.90 Å². The van der Waals surface area contributed by atoms with E-state index in [1.165, 1.54) is 16.4 Å². The molecule has 160 valence electrons. The second kappa shape index (κ2) is 8.46. The summed E-state index contributed by atoms with van der Waals surface area (Å²) in [6, 6.07) is 17.6. The largest absolute Gasteiger partial charge is 0.322 e. The molecule has 0 atom stereocenters. The van der Waals surface area contributed by atoms with Gasteiger partial charge in [0.15, 0.2) is 0 Å². The molecule has 0 aliphatic carbocycles. The van der Waals surface area contributed by atoms with E-state index in [1.807, 2.05) is 50.2 Å². The first kappa shape index (κ1) is 21.6. The lowest BCUT2D eigenvalue weighted by atomic mass is 10.00. The Morgan fingerprint density at radius 2 is 1.71 bits per heavy atom. The lowest BCUT2D eigenvalue weighted by Crippen LogP contribution is -2.36. The maximum Gasteiger partial charge on any atom is 0.255 e. The molecule has 1 heterocycles. The summed E-state index contributed by atoms with van der Waals surface area (Å²) in [6.45, 7) is 4.52. The molecule has 31 heavy (non-hydrogen) atoms. The SMILES string of the molecule is Cc1ccc(C)c(C(=O)Nc2ccc3c(c2)CN(S(=O)(=O)c2ccc(Cl)cc2)CC3)c1. The number of carbonyl (C=O) groups excluding carboxylic acids is 1. The van der Waals surface area contributed by atoms with Crippen LogP contribution in [0.2, 0.25) is 5.02 Å². The van der Waals surface area contributed by atoms with Gasteiger partial charge >= 0.3 is 0 Å². The third-order valence-corrected chi connectivity index (χ3v) is 7.64. The number of fused-ring (bicyclic) bond motifs is 1. The van der Waals surface area contributed by atoms with Crippen molar-refractivity contribution in [1.82, 2.24) is 4.31 Å². The molecule has 0 bridgehead atoms. The molecule has 1 aliphatic heterocycles. The number of nitrogens with zero attached hydrogens (tertiary/aromatic N) is 1. The molecule has 7 heteroatoms. The van der Waals surface area contributed by atoms with Gasteiger partial charge in [-0.25, -0.2) is 8.42 Å². The van der Waals surface area contributed by atoms with Crippen molar-refractivity contribution in [2.75, 3.05) is 11.9 Å². The quantitative estimate of drug-likeness (QED) is 0.606. The molecule has 0 radical (unpaired) electrons. The van der Waals surface area contributed by atoms with E-state index in [0.29, 0.717) is 29.2 Å². The van der Waals surface area contributed by atoms with E-state index in [2.05, 4.69) is 5.32 Å². The van der Waals surface area contributed by atoms with Gasteiger partial charge in [0, 0.05) is 29.4 Å². The lowest BCUT2D eigenvalue weighted by molar-refractivity contribution is 0.102. The van der Waals surface area contributed by atoms with Crippen molar-refractivity contribution in [3.8, 4) is 0 Å². The standard InChI is InChI=1S/C24H23ClN2O3S/c1-16-3-4-17(2)23(13-16)24(28)26-21-8-5-18-11-12-27(15-19(18)14-21)31(29,30)22-9-6-20(25)7-10-22/h3-10,13-14H,11-12,15H2,1-2H3,(H,26,28). The Morgan fingerprint density at radius 3 is 2.45 bits per heavy atom. The van der Waals surface area contributed by atoms with Gasteiger partial charge in [0.2, 0.25) is 10.0 Å². The van der Waals surface area contributed by atoms with Crippen LogP contribution in [-0.4, -0.2) is 25.2 Å². The Hall–Kier alpha value is -2.67. The van der Waals surface area contributed by atoms with Crippen molar-refractivity contribution in [3.63, 3.8) is 0 Å². The highest BCUT2D eigenvalue weighted by Crippen LogP contribution is 2.28. The van der Waals surface area contributed by atoms with Crippen molar-refractivity contribution in [2.24, 2.45) is 0 Å². The van der Waals surface area contributed by atoms with Gasteiger partial charge in [0.25, 0.3) is 5.91 Å². The number of rotatable bonds is 4. The molecule has 1 N–H and O–H groups in total. The highest BCUT2D eigenvalue weighted by atomic mass is 35.5. The third-order valence-electron chi connectivity index (χ3n) is 5.53. The van der Waals surface area contributed by atoms with Crippen LogP contribution in [0.5, 0.6) is 0 Å². The Kier molecular flexibility index (Phi) is 5.88. The number of carbonyl (C=O) groups is 1. The summed E-state index contributed by atoms with van der Waals surface area (Å²) in [5.74, 6) is -0.178. The van der Waals surface area contributed by atoms with Gasteiger partial charge < -0.3 is 5.32 Å². The van der Waals surface area contributed by atoms with Crippen LogP contribution >= 0.6 is 11.6 Å². The first-order valence-corrected chi connectivity index (χ1v) is 11.8. The van der Waals surface area contributed by atoms with Crippen LogP contribution < -0.4 is 5.32 Å². The highest BCUT2D eigenvalue weighted by molar-refractivity contribution is 7.89. The Balaban J connectivity index is 1.56. The van der Waals surface area contributed by atoms with Gasteiger partial charge in [0.1, 0.15) is 0 Å². The fraction of sp³-hybridized carbons (Fsp3) is 0.208. The van der Waals surface area contributed by atoms with Crippen LogP contribution in [0.3, 0.4) is 0 Å². The summed E-state index contributed by atoms with van der Waals surface area (Å²) in [7, 11) is -3.62. The minimum Gasteiger partial charge on any atom is -0.322 e.